The van der Waals surface area contributed by atoms with Gasteiger partial charge in [0.05, 0.1) is 14.2 Å². The van der Waals surface area contributed by atoms with Crippen LogP contribution in [0.15, 0.2) is 30.3 Å². The third kappa shape index (κ3) is 2.32. The second kappa shape index (κ2) is 5.55. The number of pyridine rings is 1. The molecule has 0 spiro atoms. The molecule has 0 amide bonds. The van der Waals surface area contributed by atoms with E-state index in [-0.39, 0.29) is 0 Å². The molecular weight excluding hydrogens is 284 g/mol. The molecule has 0 radical (unpaired) electrons. The van der Waals surface area contributed by atoms with E-state index in [0.717, 1.165) is 5.69 Å². The molecule has 0 aliphatic carbocycles. The van der Waals surface area contributed by atoms with Gasteiger partial charge in [0, 0.05) is 11.3 Å². The molecule has 1 unspecified atom stereocenters. The van der Waals surface area contributed by atoms with Crippen molar-refractivity contribution in [1.82, 2.24) is 4.98 Å². The molecule has 3 rings (SSSR count). The maximum absolute atomic E-state index is 12.2. The Labute approximate surface area is 128 Å². The molecule has 0 saturated heterocycles. The molecular formula is C16H16N2O4. The summed E-state index contributed by atoms with van der Waals surface area (Å²) in [6.07, 6.45) is -0.600. The highest BCUT2D eigenvalue weighted by molar-refractivity contribution is 5.98. The van der Waals surface area contributed by atoms with Crippen molar-refractivity contribution >= 4 is 11.8 Å². The minimum absolute atomic E-state index is 0.381. The minimum atomic E-state index is -0.600. The Hall–Kier alpha value is -2.76. The van der Waals surface area contributed by atoms with E-state index in [0.29, 0.717) is 28.4 Å². The van der Waals surface area contributed by atoms with Crippen LogP contribution in [0.25, 0.3) is 0 Å². The fraction of sp³-hybridized carbons (Fsp3) is 0.250. The highest BCUT2D eigenvalue weighted by atomic mass is 16.6. The number of nitrogens with zero attached hydrogens (tertiary/aromatic N) is 1. The van der Waals surface area contributed by atoms with Gasteiger partial charge < -0.3 is 19.5 Å². The number of methoxy groups -OCH3 is 2. The second-order valence-electron chi connectivity index (χ2n) is 4.86. The van der Waals surface area contributed by atoms with Crippen LogP contribution in [-0.4, -0.2) is 25.2 Å². The van der Waals surface area contributed by atoms with Gasteiger partial charge in [-0.3, -0.25) is 0 Å². The van der Waals surface area contributed by atoms with Crippen LogP contribution >= 0.6 is 0 Å². The van der Waals surface area contributed by atoms with Crippen LogP contribution in [0.2, 0.25) is 0 Å². The Morgan fingerprint density at radius 1 is 1.18 bits per heavy atom. The molecule has 0 saturated carbocycles. The number of anilines is 1. The average molecular weight is 300 g/mol. The van der Waals surface area contributed by atoms with Crippen molar-refractivity contribution < 1.29 is 19.0 Å². The third-order valence-electron chi connectivity index (χ3n) is 3.46. The molecule has 2 heterocycles. The van der Waals surface area contributed by atoms with E-state index in [9.17, 15) is 4.79 Å². The zero-order valence-electron chi connectivity index (χ0n) is 12.5. The molecule has 114 valence electrons. The first kappa shape index (κ1) is 14.2. The van der Waals surface area contributed by atoms with E-state index >= 15 is 0 Å². The fourth-order valence-electron chi connectivity index (χ4n) is 2.47. The molecule has 2 aromatic rings. The first-order valence-corrected chi connectivity index (χ1v) is 6.80. The van der Waals surface area contributed by atoms with Crippen LogP contribution in [0, 0.1) is 6.92 Å². The number of aryl methyl sites for hydroxylation is 1. The van der Waals surface area contributed by atoms with E-state index in [2.05, 4.69) is 10.3 Å². The summed E-state index contributed by atoms with van der Waals surface area (Å²) in [6, 6.07) is 9.14. The number of nitrogens with one attached hydrogen (secondary N) is 1. The van der Waals surface area contributed by atoms with Crippen molar-refractivity contribution in [3.63, 3.8) is 0 Å². The summed E-state index contributed by atoms with van der Waals surface area (Å²) in [5.41, 5.74) is 1.96. The molecule has 6 heteroatoms. The Morgan fingerprint density at radius 2 is 2.00 bits per heavy atom. The van der Waals surface area contributed by atoms with Crippen molar-refractivity contribution in [2.45, 2.75) is 13.2 Å². The number of benzene rings is 1. The topological polar surface area (TPSA) is 69.7 Å². The molecule has 22 heavy (non-hydrogen) atoms. The van der Waals surface area contributed by atoms with Crippen LogP contribution in [0.3, 0.4) is 0 Å². The van der Waals surface area contributed by atoms with Crippen LogP contribution < -0.4 is 14.8 Å². The summed E-state index contributed by atoms with van der Waals surface area (Å²) in [4.78, 5) is 16.5. The van der Waals surface area contributed by atoms with Gasteiger partial charge in [-0.25, -0.2) is 9.78 Å². The van der Waals surface area contributed by atoms with Gasteiger partial charge >= 0.3 is 5.97 Å². The van der Waals surface area contributed by atoms with Gasteiger partial charge in [-0.1, -0.05) is 6.07 Å². The number of hydrogen-bond donors (Lipinski definition) is 1. The van der Waals surface area contributed by atoms with Gasteiger partial charge in [-0.15, -0.1) is 0 Å². The van der Waals surface area contributed by atoms with Crippen molar-refractivity contribution in [2.24, 2.45) is 0 Å². The van der Waals surface area contributed by atoms with Gasteiger partial charge in [0.1, 0.15) is 11.4 Å². The monoisotopic (exact) mass is 300 g/mol. The minimum Gasteiger partial charge on any atom is -0.493 e. The van der Waals surface area contributed by atoms with Gasteiger partial charge in [0.25, 0.3) is 0 Å². The molecule has 6 nitrogen and oxygen atoms in total. The number of carbonyl (C=O) groups excluding carboxylic acids is 1. The quantitative estimate of drug-likeness (QED) is 0.875. The normalized spacial score (nSPS) is 16.0. The molecule has 1 atom stereocenters. The van der Waals surface area contributed by atoms with E-state index in [1.165, 1.54) is 14.2 Å². The summed E-state index contributed by atoms with van der Waals surface area (Å²) in [5, 5.41) is 3.11. The third-order valence-corrected chi connectivity index (χ3v) is 3.46. The van der Waals surface area contributed by atoms with Gasteiger partial charge in [0.2, 0.25) is 6.23 Å². The number of ether oxygens (including phenoxy) is 3. The predicted molar refractivity (Wildman–Crippen MR) is 80.3 cm³/mol. The Bertz CT molecular complexity index is 730. The zero-order valence-corrected chi connectivity index (χ0v) is 12.5. The summed E-state index contributed by atoms with van der Waals surface area (Å²) < 4.78 is 15.9. The van der Waals surface area contributed by atoms with Gasteiger partial charge in [-0.05, 0) is 31.2 Å². The molecule has 1 aliphatic rings. The van der Waals surface area contributed by atoms with Crippen molar-refractivity contribution in [3.8, 4) is 11.5 Å². The van der Waals surface area contributed by atoms with E-state index in [4.69, 9.17) is 14.2 Å². The Morgan fingerprint density at radius 3 is 2.68 bits per heavy atom. The number of esters is 1. The second-order valence-corrected chi connectivity index (χ2v) is 4.86. The highest BCUT2D eigenvalue weighted by Gasteiger charge is 2.36. The lowest BCUT2D eigenvalue weighted by Crippen LogP contribution is -2.11. The summed E-state index contributed by atoms with van der Waals surface area (Å²) >= 11 is 0. The number of cyclic esters (lactones) is 1. The van der Waals surface area contributed by atoms with E-state index < -0.39 is 12.2 Å². The summed E-state index contributed by atoms with van der Waals surface area (Å²) in [5.74, 6) is 1.07. The van der Waals surface area contributed by atoms with Crippen LogP contribution in [-0.2, 0) is 4.74 Å². The highest BCUT2D eigenvalue weighted by Crippen LogP contribution is 2.41. The van der Waals surface area contributed by atoms with Gasteiger partial charge in [-0.2, -0.15) is 0 Å². The Balaban J connectivity index is 1.98. The van der Waals surface area contributed by atoms with Crippen molar-refractivity contribution in [2.75, 3.05) is 19.5 Å². The molecule has 0 bridgehead atoms. The van der Waals surface area contributed by atoms with E-state index in [1.54, 1.807) is 12.1 Å². The molecule has 1 aliphatic heterocycles. The van der Waals surface area contributed by atoms with Crippen LogP contribution in [0.4, 0.5) is 5.82 Å². The number of fused-ring (bicyclic) bond motifs is 1. The van der Waals surface area contributed by atoms with Crippen LogP contribution in [0.1, 0.15) is 27.8 Å². The molecule has 0 fully saturated rings. The maximum Gasteiger partial charge on any atom is 0.344 e. The molecule has 1 aromatic carbocycles. The number of aromatic nitrogens is 1. The number of rotatable bonds is 4. The SMILES string of the molecule is COc1ccc2c(c1OC)C(=O)OC2Nc1cccc(C)n1. The van der Waals surface area contributed by atoms with E-state index in [1.807, 2.05) is 25.1 Å². The fourth-order valence-corrected chi connectivity index (χ4v) is 2.47. The molecule has 1 N–H and O–H groups in total. The lowest BCUT2D eigenvalue weighted by atomic mass is 10.1. The number of carbonyl (C=O) groups is 1. The van der Waals surface area contributed by atoms with Crippen molar-refractivity contribution in [1.29, 1.82) is 0 Å². The maximum atomic E-state index is 12.2. The predicted octanol–water partition coefficient (Wildman–Crippen LogP) is 2.69. The lowest BCUT2D eigenvalue weighted by molar-refractivity contribution is 0.0434. The zero-order chi connectivity index (χ0) is 15.7. The standard InChI is InChI=1S/C16H16N2O4/c1-9-5-4-6-12(17-9)18-15-10-7-8-11(20-2)14(21-3)13(10)16(19)22-15/h4-8,15H,1-3H3,(H,17,18). The largest absolute Gasteiger partial charge is 0.493 e. The smallest absolute Gasteiger partial charge is 0.344 e. The first-order valence-electron chi connectivity index (χ1n) is 6.80. The van der Waals surface area contributed by atoms with Crippen molar-refractivity contribution in [3.05, 3.63) is 47.2 Å². The summed E-state index contributed by atoms with van der Waals surface area (Å²) in [7, 11) is 3.02. The van der Waals surface area contributed by atoms with Gasteiger partial charge in [0.15, 0.2) is 11.5 Å². The summed E-state index contributed by atoms with van der Waals surface area (Å²) in [6.45, 7) is 1.90. The average Bonchev–Trinajstić information content (AvgIpc) is 2.82. The first-order chi connectivity index (χ1) is 10.6. The van der Waals surface area contributed by atoms with Crippen LogP contribution in [0.5, 0.6) is 11.5 Å². The Kier molecular flexibility index (Phi) is 3.58. The number of hydrogen-bond acceptors (Lipinski definition) is 6. The lowest BCUT2D eigenvalue weighted by Gasteiger charge is -2.14. The molecule has 1 aromatic heterocycles.